The van der Waals surface area contributed by atoms with Crippen molar-refractivity contribution in [1.82, 2.24) is 20.2 Å². The fraction of sp³-hybridized carbons (Fsp3) is 0.290. The third-order valence-electron chi connectivity index (χ3n) is 7.92. The maximum absolute atomic E-state index is 13.9. The first kappa shape index (κ1) is 28.1. The second kappa shape index (κ2) is 11.3. The first-order valence-electron chi connectivity index (χ1n) is 13.7. The van der Waals surface area contributed by atoms with Crippen molar-refractivity contribution >= 4 is 34.9 Å². The first-order valence-corrected chi connectivity index (χ1v) is 14.0. The van der Waals surface area contributed by atoms with Crippen LogP contribution in [0.4, 0.5) is 24.8 Å². The number of fused-ring (bicyclic) bond motifs is 3. The minimum atomic E-state index is -4.54. The molecule has 216 valence electrons. The third kappa shape index (κ3) is 5.56. The van der Waals surface area contributed by atoms with Crippen LogP contribution < -0.4 is 10.6 Å². The Morgan fingerprint density at radius 1 is 1.10 bits per heavy atom. The summed E-state index contributed by atoms with van der Waals surface area (Å²) in [7, 11) is 1.90. The van der Waals surface area contributed by atoms with Gasteiger partial charge in [0.15, 0.2) is 0 Å². The van der Waals surface area contributed by atoms with Gasteiger partial charge >= 0.3 is 6.18 Å². The molecule has 2 aromatic carbocycles. The van der Waals surface area contributed by atoms with Crippen LogP contribution in [0, 0.1) is 5.92 Å². The van der Waals surface area contributed by atoms with Crippen molar-refractivity contribution in [1.29, 1.82) is 0 Å². The number of carbonyl (C=O) groups excluding carboxylic acids is 1. The lowest BCUT2D eigenvalue weighted by molar-refractivity contribution is -0.137. The van der Waals surface area contributed by atoms with Gasteiger partial charge in [-0.05, 0) is 49.9 Å². The summed E-state index contributed by atoms with van der Waals surface area (Å²) in [5.74, 6) is -0.620. The van der Waals surface area contributed by atoms with E-state index in [-0.39, 0.29) is 18.0 Å². The fourth-order valence-electron chi connectivity index (χ4n) is 5.73. The maximum Gasteiger partial charge on any atom is 0.417 e. The van der Waals surface area contributed by atoms with Gasteiger partial charge in [-0.1, -0.05) is 42.0 Å². The van der Waals surface area contributed by atoms with Crippen LogP contribution in [-0.2, 0) is 12.7 Å². The van der Waals surface area contributed by atoms with E-state index in [9.17, 15) is 18.0 Å². The predicted octanol–water partition coefficient (Wildman–Crippen LogP) is 6.07. The predicted molar refractivity (Wildman–Crippen MR) is 156 cm³/mol. The van der Waals surface area contributed by atoms with Crippen LogP contribution in [0.3, 0.4) is 0 Å². The number of halogens is 4. The molecule has 11 heteroatoms. The third-order valence-corrected chi connectivity index (χ3v) is 8.17. The molecule has 2 aliphatic heterocycles. The molecule has 0 spiro atoms. The summed E-state index contributed by atoms with van der Waals surface area (Å²) in [4.78, 5) is 28.6. The molecule has 3 aliphatic rings. The van der Waals surface area contributed by atoms with Gasteiger partial charge in [0.2, 0.25) is 5.95 Å². The van der Waals surface area contributed by atoms with Gasteiger partial charge in [0, 0.05) is 64.6 Å². The number of likely N-dealkylation sites (N-methyl/N-ethyl adjacent to an activating group) is 1. The summed E-state index contributed by atoms with van der Waals surface area (Å²) in [6, 6.07) is 12.9. The summed E-state index contributed by atoms with van der Waals surface area (Å²) in [5, 5.41) is 6.84. The Hall–Kier alpha value is -4.02. The Bertz CT molecular complexity index is 1600. The number of hydrogen-bond donors (Lipinski definition) is 2. The Morgan fingerprint density at radius 2 is 1.88 bits per heavy atom. The van der Waals surface area contributed by atoms with Crippen molar-refractivity contribution in [2.24, 2.45) is 10.9 Å². The number of benzene rings is 2. The van der Waals surface area contributed by atoms with Gasteiger partial charge in [-0.15, -0.1) is 0 Å². The fourth-order valence-corrected chi connectivity index (χ4v) is 5.94. The molecule has 1 fully saturated rings. The van der Waals surface area contributed by atoms with Crippen LogP contribution >= 0.6 is 11.6 Å². The quantitative estimate of drug-likeness (QED) is 0.376. The van der Waals surface area contributed by atoms with Crippen LogP contribution in [-0.4, -0.2) is 52.7 Å². The van der Waals surface area contributed by atoms with Crippen molar-refractivity contribution < 1.29 is 18.0 Å². The van der Waals surface area contributed by atoms with Crippen LogP contribution in [0.2, 0.25) is 0 Å². The second-order valence-electron chi connectivity index (χ2n) is 10.5. The average molecular weight is 593 g/mol. The minimum absolute atomic E-state index is 0.00896. The van der Waals surface area contributed by atoms with Gasteiger partial charge in [0.05, 0.1) is 23.5 Å². The molecule has 1 amide bonds. The molecule has 0 bridgehead atoms. The van der Waals surface area contributed by atoms with Gasteiger partial charge in [0.1, 0.15) is 0 Å². The number of likely N-dealkylation sites (tertiary alicyclic amines) is 1. The SMILES string of the molecule is CNC1CCN(C(=O)c2ccc(Nc3ncc4c(n3)C3C=CC(Cl)=CC3C(c3ccccc3C(F)(F)F)=NC4)cc2)C1. The molecule has 7 nitrogen and oxygen atoms in total. The standard InChI is InChI=1S/C31H28ClF3N6O/c1-36-22-12-13-41(17-22)29(42)18-6-9-21(10-7-18)39-30-38-16-19-15-37-28(24-4-2-3-5-26(24)31(33,34)35)25-14-20(32)8-11-23(25)27(19)40-30/h2-11,14,16,22-23,25,36H,12-13,15,17H2,1H3,(H,38,39,40). The number of carbonyl (C=O) groups is 1. The molecule has 1 aromatic heterocycles. The van der Waals surface area contributed by atoms with E-state index in [2.05, 4.69) is 20.6 Å². The molecule has 3 atom stereocenters. The molecule has 0 saturated carbocycles. The highest BCUT2D eigenvalue weighted by atomic mass is 35.5. The Balaban J connectivity index is 1.26. The average Bonchev–Trinajstić information content (AvgIpc) is 3.41. The molecule has 3 aromatic rings. The van der Waals surface area contributed by atoms with Crippen molar-refractivity contribution in [2.45, 2.75) is 31.1 Å². The van der Waals surface area contributed by atoms with E-state index < -0.39 is 23.6 Å². The number of aliphatic imine (C=N–C) groups is 1. The van der Waals surface area contributed by atoms with Crippen LogP contribution in [0.1, 0.15) is 45.1 Å². The monoisotopic (exact) mass is 592 g/mol. The number of aromatic nitrogens is 2. The molecule has 0 radical (unpaired) electrons. The Kier molecular flexibility index (Phi) is 7.59. The van der Waals surface area contributed by atoms with E-state index in [0.29, 0.717) is 46.2 Å². The lowest BCUT2D eigenvalue weighted by Crippen LogP contribution is -2.33. The van der Waals surface area contributed by atoms with Gasteiger partial charge < -0.3 is 15.5 Å². The summed E-state index contributed by atoms with van der Waals surface area (Å²) in [6.45, 7) is 1.53. The second-order valence-corrected chi connectivity index (χ2v) is 11.0. The van der Waals surface area contributed by atoms with E-state index in [4.69, 9.17) is 16.6 Å². The van der Waals surface area contributed by atoms with E-state index in [0.717, 1.165) is 24.6 Å². The molecule has 2 N–H and O–H groups in total. The smallest absolute Gasteiger partial charge is 0.337 e. The molecular formula is C31H28ClF3N6O. The first-order chi connectivity index (χ1) is 20.2. The molecule has 1 saturated heterocycles. The highest BCUT2D eigenvalue weighted by molar-refractivity contribution is 6.31. The molecule has 42 heavy (non-hydrogen) atoms. The van der Waals surface area contributed by atoms with Gasteiger partial charge in [0.25, 0.3) is 5.91 Å². The van der Waals surface area contributed by atoms with E-state index >= 15 is 0 Å². The molecule has 1 aliphatic carbocycles. The summed E-state index contributed by atoms with van der Waals surface area (Å²) in [5.41, 5.74) is 2.28. The maximum atomic E-state index is 13.9. The lowest BCUT2D eigenvalue weighted by atomic mass is 9.79. The largest absolute Gasteiger partial charge is 0.417 e. The minimum Gasteiger partial charge on any atom is -0.337 e. The number of nitrogens with one attached hydrogen (secondary N) is 2. The van der Waals surface area contributed by atoms with E-state index in [1.807, 2.05) is 18.0 Å². The topological polar surface area (TPSA) is 82.5 Å². The number of rotatable bonds is 5. The van der Waals surface area contributed by atoms with Crippen LogP contribution in [0.5, 0.6) is 0 Å². The van der Waals surface area contributed by atoms with Gasteiger partial charge in [-0.3, -0.25) is 9.79 Å². The number of nitrogens with zero attached hydrogens (tertiary/aromatic N) is 4. The van der Waals surface area contributed by atoms with Gasteiger partial charge in [-0.25, -0.2) is 9.97 Å². The lowest BCUT2D eigenvalue weighted by Gasteiger charge is -2.27. The molecular weight excluding hydrogens is 565 g/mol. The highest BCUT2D eigenvalue weighted by Gasteiger charge is 2.39. The zero-order valence-corrected chi connectivity index (χ0v) is 23.5. The van der Waals surface area contributed by atoms with Gasteiger partial charge in [-0.2, -0.15) is 13.2 Å². The van der Waals surface area contributed by atoms with Crippen LogP contribution in [0.15, 0.2) is 83.0 Å². The number of anilines is 2. The molecule has 3 heterocycles. The normalized spacial score (nSPS) is 21.6. The summed E-state index contributed by atoms with van der Waals surface area (Å²) < 4.78 is 41.8. The molecule has 6 rings (SSSR count). The number of allylic oxidation sites excluding steroid dienone is 4. The van der Waals surface area contributed by atoms with Crippen molar-refractivity contribution in [3.05, 3.63) is 106 Å². The zero-order chi connectivity index (χ0) is 29.4. The van der Waals surface area contributed by atoms with Crippen molar-refractivity contribution in [3.63, 3.8) is 0 Å². The van der Waals surface area contributed by atoms with Crippen LogP contribution in [0.25, 0.3) is 0 Å². The van der Waals surface area contributed by atoms with Crippen molar-refractivity contribution in [2.75, 3.05) is 25.5 Å². The van der Waals surface area contributed by atoms with E-state index in [1.165, 1.54) is 12.1 Å². The van der Waals surface area contributed by atoms with Crippen molar-refractivity contribution in [3.8, 4) is 0 Å². The number of hydrogen-bond acceptors (Lipinski definition) is 6. The highest BCUT2D eigenvalue weighted by Crippen LogP contribution is 2.41. The summed E-state index contributed by atoms with van der Waals surface area (Å²) >= 11 is 6.35. The summed E-state index contributed by atoms with van der Waals surface area (Å²) in [6.07, 6.45) is 3.37. The Labute approximate surface area is 246 Å². The Morgan fingerprint density at radius 3 is 2.62 bits per heavy atom. The number of amides is 1. The molecule has 3 unspecified atom stereocenters. The zero-order valence-electron chi connectivity index (χ0n) is 22.7. The van der Waals surface area contributed by atoms with E-state index in [1.54, 1.807) is 48.7 Å². The number of alkyl halides is 3.